The first-order valence-corrected chi connectivity index (χ1v) is 18.2. The number of aliphatic hydroxyl groups excluding tert-OH is 1. The molecule has 0 bridgehead atoms. The molecule has 0 saturated carbocycles. The molecule has 0 amide bonds. The molecule has 1 N–H and O–H groups in total. The first kappa shape index (κ1) is 20.5. The Kier molecular flexibility index (Phi) is 6.65. The second-order valence-corrected chi connectivity index (χ2v) is 22.3. The maximum Gasteiger partial charge on any atom is 0.184 e. The average Bonchev–Trinajstić information content (AvgIpc) is 2.22. The molecule has 5 nitrogen and oxygen atoms in total. The van der Waals surface area contributed by atoms with Crippen molar-refractivity contribution in [2.45, 2.75) is 83.5 Å². The molecule has 0 radical (unpaired) electrons. The number of rotatable bonds is 6. The Morgan fingerprint density at radius 1 is 0.727 bits per heavy atom. The van der Waals surface area contributed by atoms with Gasteiger partial charge in [-0.1, -0.05) is 0 Å². The standard InChI is InChI=1S/C14H34O5Si3/c1-20(2,3)17-11-10-16-14(15)13(19-22(7,8)9)12(11)18-21(4,5)6/h11-15H,10H2,1-9H3/t11-,12-,13+,14-/m1/s1. The Balaban J connectivity index is 3.01. The van der Waals surface area contributed by atoms with Crippen molar-refractivity contribution in [2.24, 2.45) is 0 Å². The van der Waals surface area contributed by atoms with E-state index in [1.54, 1.807) is 0 Å². The van der Waals surface area contributed by atoms with Crippen LogP contribution in [0.1, 0.15) is 0 Å². The summed E-state index contributed by atoms with van der Waals surface area (Å²) in [5.41, 5.74) is 0. The van der Waals surface area contributed by atoms with E-state index < -0.39 is 37.3 Å². The maximum absolute atomic E-state index is 10.3. The van der Waals surface area contributed by atoms with Crippen LogP contribution in [0.25, 0.3) is 0 Å². The van der Waals surface area contributed by atoms with Crippen molar-refractivity contribution in [3.8, 4) is 0 Å². The highest BCUT2D eigenvalue weighted by atomic mass is 28.4. The van der Waals surface area contributed by atoms with Gasteiger partial charge in [-0.3, -0.25) is 0 Å². The smallest absolute Gasteiger partial charge is 0.184 e. The second kappa shape index (κ2) is 7.14. The van der Waals surface area contributed by atoms with Crippen molar-refractivity contribution >= 4 is 25.0 Å². The van der Waals surface area contributed by atoms with Gasteiger partial charge in [-0.05, 0) is 58.9 Å². The van der Waals surface area contributed by atoms with Crippen LogP contribution >= 0.6 is 0 Å². The van der Waals surface area contributed by atoms with Gasteiger partial charge in [0, 0.05) is 0 Å². The lowest BCUT2D eigenvalue weighted by molar-refractivity contribution is -0.240. The van der Waals surface area contributed by atoms with Gasteiger partial charge in [0.15, 0.2) is 31.2 Å². The monoisotopic (exact) mass is 366 g/mol. The first-order chi connectivity index (χ1) is 9.68. The molecule has 1 saturated heterocycles. The van der Waals surface area contributed by atoms with Crippen LogP contribution in [0.4, 0.5) is 0 Å². The lowest BCUT2D eigenvalue weighted by Crippen LogP contribution is -2.61. The van der Waals surface area contributed by atoms with Crippen LogP contribution < -0.4 is 0 Å². The van der Waals surface area contributed by atoms with Gasteiger partial charge in [0.05, 0.1) is 12.7 Å². The maximum atomic E-state index is 10.3. The van der Waals surface area contributed by atoms with Crippen molar-refractivity contribution in [2.75, 3.05) is 6.61 Å². The third kappa shape index (κ3) is 7.35. The van der Waals surface area contributed by atoms with Gasteiger partial charge in [-0.25, -0.2) is 0 Å². The molecule has 1 rings (SSSR count). The van der Waals surface area contributed by atoms with Crippen LogP contribution in [-0.2, 0) is 18.0 Å². The van der Waals surface area contributed by atoms with E-state index in [2.05, 4.69) is 58.9 Å². The summed E-state index contributed by atoms with van der Waals surface area (Å²) in [6.45, 7) is 19.6. The lowest BCUT2D eigenvalue weighted by Gasteiger charge is -2.46. The van der Waals surface area contributed by atoms with Crippen LogP contribution in [-0.4, -0.2) is 61.3 Å². The minimum absolute atomic E-state index is 0.178. The van der Waals surface area contributed by atoms with Crippen LogP contribution in [0, 0.1) is 0 Å². The molecule has 0 unspecified atom stereocenters. The van der Waals surface area contributed by atoms with E-state index in [9.17, 15) is 5.11 Å². The van der Waals surface area contributed by atoms with Crippen molar-refractivity contribution in [3.63, 3.8) is 0 Å². The summed E-state index contributed by atoms with van der Waals surface area (Å²) < 4.78 is 24.3. The highest BCUT2D eigenvalue weighted by molar-refractivity contribution is 6.70. The molecule has 0 spiro atoms. The normalized spacial score (nSPS) is 31.4. The van der Waals surface area contributed by atoms with Crippen LogP contribution in [0.3, 0.4) is 0 Å². The molecule has 1 heterocycles. The zero-order chi connectivity index (χ0) is 17.3. The zero-order valence-electron chi connectivity index (χ0n) is 15.6. The predicted octanol–water partition coefficient (Wildman–Crippen LogP) is 3.00. The van der Waals surface area contributed by atoms with E-state index in [0.717, 1.165) is 0 Å². The Morgan fingerprint density at radius 2 is 1.14 bits per heavy atom. The number of aliphatic hydroxyl groups is 1. The summed E-state index contributed by atoms with van der Waals surface area (Å²) in [6.07, 6.45) is -1.87. The highest BCUT2D eigenvalue weighted by Crippen LogP contribution is 2.29. The molecule has 22 heavy (non-hydrogen) atoms. The molecule has 8 heteroatoms. The molecule has 0 aliphatic carbocycles. The molecule has 0 aromatic rings. The van der Waals surface area contributed by atoms with Gasteiger partial charge in [0.1, 0.15) is 12.2 Å². The van der Waals surface area contributed by atoms with Gasteiger partial charge in [0.2, 0.25) is 0 Å². The number of ether oxygens (including phenoxy) is 1. The van der Waals surface area contributed by atoms with E-state index >= 15 is 0 Å². The van der Waals surface area contributed by atoms with Gasteiger partial charge >= 0.3 is 0 Å². The molecule has 0 aromatic heterocycles. The Morgan fingerprint density at radius 3 is 1.55 bits per heavy atom. The van der Waals surface area contributed by atoms with Crippen molar-refractivity contribution in [1.29, 1.82) is 0 Å². The fourth-order valence-corrected chi connectivity index (χ4v) is 5.68. The topological polar surface area (TPSA) is 57.2 Å². The molecule has 4 atom stereocenters. The lowest BCUT2D eigenvalue weighted by atomic mass is 10.1. The molecular weight excluding hydrogens is 332 g/mol. The third-order valence-electron chi connectivity index (χ3n) is 2.89. The van der Waals surface area contributed by atoms with Crippen molar-refractivity contribution in [3.05, 3.63) is 0 Å². The number of hydrogen-bond acceptors (Lipinski definition) is 5. The van der Waals surface area contributed by atoms with E-state index in [0.29, 0.717) is 6.61 Å². The predicted molar refractivity (Wildman–Crippen MR) is 96.6 cm³/mol. The Bertz CT molecular complexity index is 359. The SMILES string of the molecule is C[Si](C)(C)O[C@H]1[C@H](O[Si](C)(C)C)[C@H](O[Si](C)(C)C)CO[C@H]1O. The quantitative estimate of drug-likeness (QED) is 0.732. The van der Waals surface area contributed by atoms with Gasteiger partial charge in [-0.2, -0.15) is 0 Å². The first-order valence-electron chi connectivity index (χ1n) is 8.01. The second-order valence-electron chi connectivity index (χ2n) is 8.88. The highest BCUT2D eigenvalue weighted by Gasteiger charge is 2.46. The van der Waals surface area contributed by atoms with E-state index in [1.165, 1.54) is 0 Å². The summed E-state index contributed by atoms with van der Waals surface area (Å²) >= 11 is 0. The largest absolute Gasteiger partial charge is 0.410 e. The summed E-state index contributed by atoms with van der Waals surface area (Å²) in [6, 6.07) is 0. The summed E-state index contributed by atoms with van der Waals surface area (Å²) in [5, 5.41) is 10.3. The van der Waals surface area contributed by atoms with Crippen LogP contribution in [0.15, 0.2) is 0 Å². The molecule has 1 fully saturated rings. The van der Waals surface area contributed by atoms with E-state index in [4.69, 9.17) is 18.0 Å². The van der Waals surface area contributed by atoms with Crippen molar-refractivity contribution < 1.29 is 23.1 Å². The summed E-state index contributed by atoms with van der Waals surface area (Å²) in [5.74, 6) is 0. The molecule has 1 aliphatic heterocycles. The van der Waals surface area contributed by atoms with Crippen molar-refractivity contribution in [1.82, 2.24) is 0 Å². The van der Waals surface area contributed by atoms with Gasteiger partial charge < -0.3 is 23.1 Å². The minimum Gasteiger partial charge on any atom is -0.410 e. The molecular formula is C14H34O5Si3. The van der Waals surface area contributed by atoms with Gasteiger partial charge in [-0.15, -0.1) is 0 Å². The molecule has 132 valence electrons. The Labute approximate surface area is 138 Å². The van der Waals surface area contributed by atoms with E-state index in [1.807, 2.05) is 0 Å². The van der Waals surface area contributed by atoms with E-state index in [-0.39, 0.29) is 12.2 Å². The van der Waals surface area contributed by atoms with Crippen LogP contribution in [0.5, 0.6) is 0 Å². The summed E-state index contributed by atoms with van der Waals surface area (Å²) in [7, 11) is -5.39. The summed E-state index contributed by atoms with van der Waals surface area (Å²) in [4.78, 5) is 0. The zero-order valence-corrected chi connectivity index (χ0v) is 18.6. The van der Waals surface area contributed by atoms with Gasteiger partial charge in [0.25, 0.3) is 0 Å². The average molecular weight is 367 g/mol. The minimum atomic E-state index is -1.84. The van der Waals surface area contributed by atoms with Crippen LogP contribution in [0.2, 0.25) is 58.9 Å². The third-order valence-corrected chi connectivity index (χ3v) is 5.86. The fourth-order valence-electron chi connectivity index (χ4n) is 2.40. The molecule has 0 aromatic carbocycles. The fraction of sp³-hybridized carbons (Fsp3) is 1.00. The Hall–Kier alpha value is 0.451. The molecule has 1 aliphatic rings. The number of hydrogen-bond donors (Lipinski definition) is 1.